The number of carbonyl (C=O) groups excluding carboxylic acids is 1. The van der Waals surface area contributed by atoms with Gasteiger partial charge in [0.15, 0.2) is 0 Å². The van der Waals surface area contributed by atoms with E-state index in [0.717, 1.165) is 12.1 Å². The zero-order valence-corrected chi connectivity index (χ0v) is 17.4. The van der Waals surface area contributed by atoms with Crippen molar-refractivity contribution in [1.29, 1.82) is 0 Å². The fraction of sp³-hybridized carbons (Fsp3) is 0.286. The third kappa shape index (κ3) is 3.33. The fourth-order valence-electron chi connectivity index (χ4n) is 3.64. The van der Waals surface area contributed by atoms with Crippen LogP contribution in [0.5, 0.6) is 0 Å². The number of amides is 1. The number of anilines is 1. The number of nitrogens with zero attached hydrogens (tertiary/aromatic N) is 4. The first-order valence-electron chi connectivity index (χ1n) is 9.50. The minimum atomic E-state index is -0.632. The maximum atomic E-state index is 13.2. The van der Waals surface area contributed by atoms with Crippen molar-refractivity contribution in [3.05, 3.63) is 64.2 Å². The lowest BCUT2D eigenvalue weighted by Gasteiger charge is -2.31. The molecular formula is C21H22N5O2S+. The van der Waals surface area contributed by atoms with Gasteiger partial charge in [0.25, 0.3) is 0 Å². The van der Waals surface area contributed by atoms with Gasteiger partial charge in [-0.1, -0.05) is 36.9 Å². The molecule has 8 heteroatoms. The first-order valence-corrected chi connectivity index (χ1v) is 10.7. The Morgan fingerprint density at radius 1 is 1.24 bits per heavy atom. The summed E-state index contributed by atoms with van der Waals surface area (Å²) in [6, 6.07) is 13.1. The number of benzene rings is 1. The van der Waals surface area contributed by atoms with Crippen molar-refractivity contribution in [1.82, 2.24) is 15.1 Å². The molecule has 1 atom stereocenters. The summed E-state index contributed by atoms with van der Waals surface area (Å²) in [4.78, 5) is 35.5. The number of hydrogen-bond donors (Lipinski definition) is 1. The summed E-state index contributed by atoms with van der Waals surface area (Å²) >= 11 is 1.35. The second-order valence-corrected chi connectivity index (χ2v) is 7.66. The van der Waals surface area contributed by atoms with Crippen molar-refractivity contribution in [2.45, 2.75) is 38.0 Å². The Hall–Kier alpha value is -3.00. The molecule has 1 amide bonds. The predicted molar refractivity (Wildman–Crippen MR) is 112 cm³/mol. The van der Waals surface area contributed by atoms with E-state index in [9.17, 15) is 9.59 Å². The predicted octanol–water partition coefficient (Wildman–Crippen LogP) is 2.84. The summed E-state index contributed by atoms with van der Waals surface area (Å²) in [7, 11) is 0. The maximum Gasteiger partial charge on any atom is 0.325 e. The topological polar surface area (TPSA) is 82.8 Å². The van der Waals surface area contributed by atoms with Crippen LogP contribution in [0.3, 0.4) is 0 Å². The molecule has 1 aromatic carbocycles. The highest BCUT2D eigenvalue weighted by atomic mass is 32.2. The number of rotatable bonds is 4. The Kier molecular flexibility index (Phi) is 5.19. The van der Waals surface area contributed by atoms with Crippen LogP contribution in [0.25, 0.3) is 11.3 Å². The molecule has 1 N–H and O–H groups in total. The number of pyridine rings is 1. The zero-order chi connectivity index (χ0) is 20.5. The molecule has 29 heavy (non-hydrogen) atoms. The number of thioether (sulfide) groups is 1. The van der Waals surface area contributed by atoms with E-state index in [2.05, 4.69) is 15.1 Å². The molecule has 0 unspecified atom stereocenters. The number of aromatic nitrogens is 4. The summed E-state index contributed by atoms with van der Waals surface area (Å²) < 4.78 is 1.64. The van der Waals surface area contributed by atoms with Crippen molar-refractivity contribution in [2.75, 3.05) is 11.2 Å². The molecule has 1 aliphatic heterocycles. The van der Waals surface area contributed by atoms with Gasteiger partial charge in [0, 0.05) is 17.2 Å². The van der Waals surface area contributed by atoms with Crippen LogP contribution >= 0.6 is 11.8 Å². The van der Waals surface area contributed by atoms with Gasteiger partial charge in [0.1, 0.15) is 5.69 Å². The van der Waals surface area contributed by atoms with Gasteiger partial charge in [-0.15, -0.1) is 0 Å². The third-order valence-electron chi connectivity index (χ3n) is 4.86. The average Bonchev–Trinajstić information content (AvgIpc) is 2.72. The highest BCUT2D eigenvalue weighted by molar-refractivity contribution is 7.98. The number of aromatic amines is 1. The van der Waals surface area contributed by atoms with E-state index >= 15 is 0 Å². The van der Waals surface area contributed by atoms with Gasteiger partial charge in [-0.05, 0) is 48.5 Å². The molecule has 3 aromatic rings. The van der Waals surface area contributed by atoms with E-state index in [1.54, 1.807) is 9.58 Å². The standard InChI is InChI=1S/C21H21N5O2S/c1-4-8-17(27)25-16-12-6-5-10-14(16)18-19(28)23-21(29-3)24-26(18)20(25)15-11-7-9-13(2)22-15/h5-7,9-12,20H,4,8H2,1-3H3/p+1/t20-/m0/s1. The molecule has 0 spiro atoms. The molecule has 0 radical (unpaired) electrons. The van der Waals surface area contributed by atoms with Crippen LogP contribution < -0.4 is 15.1 Å². The molecule has 0 bridgehead atoms. The molecule has 0 fully saturated rings. The normalized spacial score (nSPS) is 15.0. The Balaban J connectivity index is 2.07. The van der Waals surface area contributed by atoms with Crippen LogP contribution in [0.4, 0.5) is 5.69 Å². The van der Waals surface area contributed by atoms with Crippen molar-refractivity contribution in [3.63, 3.8) is 0 Å². The van der Waals surface area contributed by atoms with Gasteiger partial charge < -0.3 is 0 Å². The van der Waals surface area contributed by atoms with Crippen LogP contribution in [0.1, 0.15) is 37.3 Å². The highest BCUT2D eigenvalue weighted by Crippen LogP contribution is 2.37. The SMILES string of the molecule is CCCC(=O)N1c2ccccc2-c2c(=O)[nH]c(SC)n[n+]2[C@H]1c1cccc(C)n1. The summed E-state index contributed by atoms with van der Waals surface area (Å²) in [5.41, 5.74) is 3.07. The van der Waals surface area contributed by atoms with Crippen LogP contribution in [0, 0.1) is 6.92 Å². The quantitative estimate of drug-likeness (QED) is 0.530. The number of aryl methyl sites for hydroxylation is 1. The first-order chi connectivity index (χ1) is 14.0. The lowest BCUT2D eigenvalue weighted by Crippen LogP contribution is -2.61. The molecule has 3 heterocycles. The molecule has 2 aromatic heterocycles. The lowest BCUT2D eigenvalue weighted by atomic mass is 10.0. The van der Waals surface area contributed by atoms with Crippen molar-refractivity contribution < 1.29 is 9.48 Å². The van der Waals surface area contributed by atoms with E-state index in [0.29, 0.717) is 34.2 Å². The Labute approximate surface area is 172 Å². The monoisotopic (exact) mass is 408 g/mol. The van der Waals surface area contributed by atoms with E-state index in [1.165, 1.54) is 11.8 Å². The van der Waals surface area contributed by atoms with Crippen molar-refractivity contribution in [2.24, 2.45) is 0 Å². The van der Waals surface area contributed by atoms with Gasteiger partial charge in [-0.3, -0.25) is 14.6 Å². The molecule has 1 aliphatic rings. The molecule has 0 aliphatic carbocycles. The molecule has 0 saturated carbocycles. The average molecular weight is 409 g/mol. The largest absolute Gasteiger partial charge is 0.325 e. The Bertz CT molecular complexity index is 1140. The highest BCUT2D eigenvalue weighted by Gasteiger charge is 2.46. The van der Waals surface area contributed by atoms with Gasteiger partial charge in [-0.2, -0.15) is 0 Å². The molecule has 148 valence electrons. The van der Waals surface area contributed by atoms with Crippen LogP contribution in [-0.4, -0.2) is 27.2 Å². The molecule has 0 saturated heterocycles. The number of H-pyrrole nitrogens is 1. The molecule has 4 rings (SSSR count). The second kappa shape index (κ2) is 7.79. The summed E-state index contributed by atoms with van der Waals surface area (Å²) in [5.74, 6) is -0.0285. The van der Waals surface area contributed by atoms with Crippen LogP contribution in [0.15, 0.2) is 52.4 Å². The number of nitrogens with one attached hydrogen (secondary N) is 1. The van der Waals surface area contributed by atoms with Gasteiger partial charge >= 0.3 is 17.4 Å². The lowest BCUT2D eigenvalue weighted by molar-refractivity contribution is -0.763. The van der Waals surface area contributed by atoms with Gasteiger partial charge in [0.2, 0.25) is 11.1 Å². The fourth-order valence-corrected chi connectivity index (χ4v) is 4.01. The summed E-state index contributed by atoms with van der Waals surface area (Å²) in [5, 5.41) is 5.15. The van der Waals surface area contributed by atoms with Crippen molar-refractivity contribution >= 4 is 23.4 Å². The van der Waals surface area contributed by atoms with Gasteiger partial charge in [-0.25, -0.2) is 9.88 Å². The summed E-state index contributed by atoms with van der Waals surface area (Å²) in [6.07, 6.45) is 2.33. The third-order valence-corrected chi connectivity index (χ3v) is 5.43. The van der Waals surface area contributed by atoms with E-state index in [1.807, 2.05) is 62.6 Å². The number of para-hydroxylation sites is 1. The van der Waals surface area contributed by atoms with Crippen molar-refractivity contribution in [3.8, 4) is 11.3 Å². The number of hydrogen-bond acceptors (Lipinski definition) is 5. The first kappa shape index (κ1) is 19.3. The van der Waals surface area contributed by atoms with E-state index in [4.69, 9.17) is 0 Å². The second-order valence-electron chi connectivity index (χ2n) is 6.86. The number of fused-ring (bicyclic) bond motifs is 3. The molecular weight excluding hydrogens is 386 g/mol. The molecule has 7 nitrogen and oxygen atoms in total. The Morgan fingerprint density at radius 2 is 2.03 bits per heavy atom. The van der Waals surface area contributed by atoms with Gasteiger partial charge in [0.05, 0.1) is 11.3 Å². The van der Waals surface area contributed by atoms with E-state index < -0.39 is 6.17 Å². The smallest absolute Gasteiger partial charge is 0.291 e. The van der Waals surface area contributed by atoms with Crippen LogP contribution in [0.2, 0.25) is 0 Å². The van der Waals surface area contributed by atoms with E-state index in [-0.39, 0.29) is 11.5 Å². The minimum absolute atomic E-state index is 0.0285. The van der Waals surface area contributed by atoms with Crippen LogP contribution in [-0.2, 0) is 4.79 Å². The number of carbonyl (C=O) groups is 1. The zero-order valence-electron chi connectivity index (χ0n) is 16.5. The minimum Gasteiger partial charge on any atom is -0.291 e. The maximum absolute atomic E-state index is 13.2. The Morgan fingerprint density at radius 3 is 2.76 bits per heavy atom. The summed E-state index contributed by atoms with van der Waals surface area (Å²) in [6.45, 7) is 3.88.